The zero-order valence-corrected chi connectivity index (χ0v) is 14.4. The Morgan fingerprint density at radius 1 is 0.760 bits per heavy atom. The fraction of sp³-hybridized carbons (Fsp3) is 0.174. The molecule has 0 amide bonds. The van der Waals surface area contributed by atoms with E-state index in [0.29, 0.717) is 5.92 Å². The highest BCUT2D eigenvalue weighted by molar-refractivity contribution is 6.03. The molecule has 0 saturated carbocycles. The molecular weight excluding hydrogens is 304 g/mol. The highest BCUT2D eigenvalue weighted by atomic mass is 15.5. The molecule has 3 aromatic carbocycles. The standard InChI is InChI=1S/C23H22N2/c1-18-22(20-13-7-3-8-14-20)24-25(17-19-11-5-2-6-12-19)23(18)21-15-9-4-10-16-21/h2-16,18,23H,17H2,1H3/t18-,23-/m1/s1. The Hall–Kier alpha value is -2.87. The highest BCUT2D eigenvalue weighted by Crippen LogP contribution is 2.38. The Kier molecular flexibility index (Phi) is 4.34. The zero-order valence-electron chi connectivity index (χ0n) is 14.4. The Labute approximate surface area is 149 Å². The number of benzene rings is 3. The molecule has 0 aliphatic carbocycles. The summed E-state index contributed by atoms with van der Waals surface area (Å²) in [6, 6.07) is 32.1. The smallest absolute Gasteiger partial charge is 0.0805 e. The van der Waals surface area contributed by atoms with Crippen molar-refractivity contribution in [2.75, 3.05) is 0 Å². The van der Waals surface area contributed by atoms with Gasteiger partial charge in [0, 0.05) is 5.92 Å². The van der Waals surface area contributed by atoms with Crippen LogP contribution < -0.4 is 0 Å². The lowest BCUT2D eigenvalue weighted by molar-refractivity contribution is 0.199. The second-order valence-electron chi connectivity index (χ2n) is 6.58. The lowest BCUT2D eigenvalue weighted by Crippen LogP contribution is -2.24. The van der Waals surface area contributed by atoms with Crippen LogP contribution in [0, 0.1) is 5.92 Å². The number of nitrogens with zero attached hydrogens (tertiary/aromatic N) is 2. The summed E-state index contributed by atoms with van der Waals surface area (Å²) in [5.41, 5.74) is 4.99. The Morgan fingerprint density at radius 3 is 1.96 bits per heavy atom. The molecule has 0 unspecified atom stereocenters. The summed E-state index contributed by atoms with van der Waals surface area (Å²) in [5, 5.41) is 7.29. The van der Waals surface area contributed by atoms with E-state index >= 15 is 0 Å². The van der Waals surface area contributed by atoms with Crippen LogP contribution in [0.2, 0.25) is 0 Å². The van der Waals surface area contributed by atoms with Crippen molar-refractivity contribution in [2.45, 2.75) is 19.5 Å². The van der Waals surface area contributed by atoms with E-state index in [0.717, 1.165) is 6.54 Å². The van der Waals surface area contributed by atoms with Gasteiger partial charge in [0.05, 0.1) is 18.3 Å². The van der Waals surface area contributed by atoms with Gasteiger partial charge in [-0.1, -0.05) is 97.9 Å². The molecule has 1 aliphatic heterocycles. The second-order valence-corrected chi connectivity index (χ2v) is 6.58. The van der Waals surface area contributed by atoms with Crippen molar-refractivity contribution in [1.82, 2.24) is 5.01 Å². The fourth-order valence-electron chi connectivity index (χ4n) is 3.64. The summed E-state index contributed by atoms with van der Waals surface area (Å²) < 4.78 is 0. The maximum Gasteiger partial charge on any atom is 0.0805 e. The van der Waals surface area contributed by atoms with Crippen LogP contribution in [-0.2, 0) is 6.54 Å². The first-order chi connectivity index (χ1) is 12.3. The molecule has 1 heterocycles. The summed E-state index contributed by atoms with van der Waals surface area (Å²) >= 11 is 0. The van der Waals surface area contributed by atoms with Gasteiger partial charge in [-0.3, -0.25) is 5.01 Å². The van der Waals surface area contributed by atoms with Gasteiger partial charge in [0.2, 0.25) is 0 Å². The SMILES string of the molecule is C[C@@H]1C(c2ccccc2)=NN(Cc2ccccc2)[C@H]1c1ccccc1. The number of hydrogen-bond donors (Lipinski definition) is 0. The first-order valence-electron chi connectivity index (χ1n) is 8.82. The predicted octanol–water partition coefficient (Wildman–Crippen LogP) is 5.28. The summed E-state index contributed by atoms with van der Waals surface area (Å²) in [7, 11) is 0. The summed E-state index contributed by atoms with van der Waals surface area (Å²) in [5.74, 6) is 0.341. The maximum atomic E-state index is 5.04. The second kappa shape index (κ2) is 6.94. The molecule has 1 aliphatic rings. The van der Waals surface area contributed by atoms with Crippen molar-refractivity contribution >= 4 is 5.71 Å². The van der Waals surface area contributed by atoms with E-state index < -0.39 is 0 Å². The average molecular weight is 326 g/mol. The van der Waals surface area contributed by atoms with E-state index in [4.69, 9.17) is 5.10 Å². The van der Waals surface area contributed by atoms with Gasteiger partial charge in [-0.05, 0) is 16.7 Å². The fourth-order valence-corrected chi connectivity index (χ4v) is 3.64. The van der Waals surface area contributed by atoms with Crippen molar-refractivity contribution in [3.63, 3.8) is 0 Å². The van der Waals surface area contributed by atoms with Gasteiger partial charge < -0.3 is 0 Å². The largest absolute Gasteiger partial charge is 0.284 e. The summed E-state index contributed by atoms with van der Waals surface area (Å²) in [6.45, 7) is 3.11. The third-order valence-electron chi connectivity index (χ3n) is 4.86. The number of hydrazone groups is 1. The van der Waals surface area contributed by atoms with Crippen molar-refractivity contribution in [1.29, 1.82) is 0 Å². The monoisotopic (exact) mass is 326 g/mol. The van der Waals surface area contributed by atoms with Crippen LogP contribution in [0.5, 0.6) is 0 Å². The normalized spacial score (nSPS) is 19.7. The molecule has 4 rings (SSSR count). The third kappa shape index (κ3) is 3.20. The van der Waals surface area contributed by atoms with E-state index in [9.17, 15) is 0 Å². The molecule has 0 spiro atoms. The summed E-state index contributed by atoms with van der Waals surface area (Å²) in [6.07, 6.45) is 0. The molecule has 0 radical (unpaired) electrons. The van der Waals surface area contributed by atoms with Crippen LogP contribution in [0.15, 0.2) is 96.1 Å². The van der Waals surface area contributed by atoms with Crippen LogP contribution in [0.25, 0.3) is 0 Å². The maximum absolute atomic E-state index is 5.04. The molecular formula is C23H22N2. The third-order valence-corrected chi connectivity index (χ3v) is 4.86. The molecule has 0 aromatic heterocycles. The first kappa shape index (κ1) is 15.6. The lowest BCUT2D eigenvalue weighted by Gasteiger charge is -2.27. The quantitative estimate of drug-likeness (QED) is 0.636. The topological polar surface area (TPSA) is 15.6 Å². The van der Waals surface area contributed by atoms with Gasteiger partial charge in [0.1, 0.15) is 0 Å². The van der Waals surface area contributed by atoms with Crippen LogP contribution >= 0.6 is 0 Å². The van der Waals surface area contributed by atoms with Gasteiger partial charge in [0.25, 0.3) is 0 Å². The van der Waals surface area contributed by atoms with Crippen molar-refractivity contribution in [2.24, 2.45) is 11.0 Å². The van der Waals surface area contributed by atoms with E-state index in [1.54, 1.807) is 0 Å². The van der Waals surface area contributed by atoms with E-state index in [1.807, 2.05) is 0 Å². The van der Waals surface area contributed by atoms with Crippen molar-refractivity contribution < 1.29 is 0 Å². The highest BCUT2D eigenvalue weighted by Gasteiger charge is 2.35. The number of rotatable bonds is 4. The predicted molar refractivity (Wildman–Crippen MR) is 103 cm³/mol. The minimum Gasteiger partial charge on any atom is -0.284 e. The number of hydrogen-bond acceptors (Lipinski definition) is 2. The molecule has 2 nitrogen and oxygen atoms in total. The molecule has 0 N–H and O–H groups in total. The zero-order chi connectivity index (χ0) is 17.1. The Bertz CT molecular complexity index is 841. The Morgan fingerprint density at radius 2 is 1.32 bits per heavy atom. The molecule has 0 fully saturated rings. The van der Waals surface area contributed by atoms with Gasteiger partial charge in [-0.2, -0.15) is 5.10 Å². The van der Waals surface area contributed by atoms with Gasteiger partial charge in [0.15, 0.2) is 0 Å². The molecule has 0 saturated heterocycles. The lowest BCUT2D eigenvalue weighted by atomic mass is 9.88. The van der Waals surface area contributed by atoms with E-state index in [1.165, 1.54) is 22.4 Å². The minimum absolute atomic E-state index is 0.261. The molecule has 0 bridgehead atoms. The van der Waals surface area contributed by atoms with E-state index in [2.05, 4.69) is 103 Å². The van der Waals surface area contributed by atoms with Gasteiger partial charge in [-0.15, -0.1) is 0 Å². The van der Waals surface area contributed by atoms with Gasteiger partial charge >= 0.3 is 0 Å². The Balaban J connectivity index is 1.72. The molecule has 2 atom stereocenters. The summed E-state index contributed by atoms with van der Waals surface area (Å²) in [4.78, 5) is 0. The van der Waals surface area contributed by atoms with Crippen molar-refractivity contribution in [3.05, 3.63) is 108 Å². The van der Waals surface area contributed by atoms with Crippen LogP contribution in [0.3, 0.4) is 0 Å². The first-order valence-corrected chi connectivity index (χ1v) is 8.82. The molecule has 25 heavy (non-hydrogen) atoms. The molecule has 3 aromatic rings. The van der Waals surface area contributed by atoms with Gasteiger partial charge in [-0.25, -0.2) is 0 Å². The van der Waals surface area contributed by atoms with Crippen LogP contribution in [0.1, 0.15) is 29.7 Å². The van der Waals surface area contributed by atoms with Crippen LogP contribution in [-0.4, -0.2) is 10.7 Å². The minimum atomic E-state index is 0.261. The molecule has 2 heteroatoms. The molecule has 124 valence electrons. The van der Waals surface area contributed by atoms with Crippen LogP contribution in [0.4, 0.5) is 0 Å². The average Bonchev–Trinajstić information content (AvgIpc) is 3.00. The van der Waals surface area contributed by atoms with Crippen molar-refractivity contribution in [3.8, 4) is 0 Å². The van der Waals surface area contributed by atoms with E-state index in [-0.39, 0.29) is 6.04 Å².